The number of carbonyl (C=O) groups excluding carboxylic acids is 2. The van der Waals surface area contributed by atoms with Crippen molar-refractivity contribution in [3.05, 3.63) is 65.8 Å². The lowest BCUT2D eigenvalue weighted by Gasteiger charge is -2.25. The van der Waals surface area contributed by atoms with Gasteiger partial charge in [0, 0.05) is 11.9 Å². The van der Waals surface area contributed by atoms with E-state index in [0.717, 1.165) is 40.4 Å². The molecule has 4 rings (SSSR count). The molecule has 1 atom stereocenters. The topological polar surface area (TPSA) is 99.8 Å². The van der Waals surface area contributed by atoms with Crippen LogP contribution in [0.4, 0.5) is 10.5 Å². The van der Waals surface area contributed by atoms with Crippen molar-refractivity contribution in [3.63, 3.8) is 0 Å². The Balaban J connectivity index is 1.32. The van der Waals surface area contributed by atoms with E-state index in [4.69, 9.17) is 5.73 Å². The first-order valence-corrected chi connectivity index (χ1v) is 11.8. The Morgan fingerprint density at radius 1 is 1.12 bits per heavy atom. The van der Waals surface area contributed by atoms with E-state index in [1.807, 2.05) is 61.5 Å². The van der Waals surface area contributed by atoms with Gasteiger partial charge in [-0.1, -0.05) is 73.5 Å². The van der Waals surface area contributed by atoms with Crippen LogP contribution < -0.4 is 16.4 Å². The van der Waals surface area contributed by atoms with Gasteiger partial charge in [0.2, 0.25) is 0 Å². The number of amides is 3. The summed E-state index contributed by atoms with van der Waals surface area (Å²) in [6.45, 7) is 6.96. The number of hydrogen-bond acceptors (Lipinski definition) is 4. The van der Waals surface area contributed by atoms with E-state index in [9.17, 15) is 9.59 Å². The predicted octanol–water partition coefficient (Wildman–Crippen LogP) is 4.57. The third kappa shape index (κ3) is 5.14. The Bertz CT molecular complexity index is 1190. The molecule has 1 aliphatic carbocycles. The molecule has 0 saturated heterocycles. The summed E-state index contributed by atoms with van der Waals surface area (Å²) < 4.78 is 0. The molecule has 34 heavy (non-hydrogen) atoms. The molecule has 2 aromatic rings. The van der Waals surface area contributed by atoms with Crippen molar-refractivity contribution in [3.8, 4) is 0 Å². The molecule has 7 nitrogen and oxygen atoms in total. The van der Waals surface area contributed by atoms with Crippen LogP contribution in [-0.4, -0.2) is 41.4 Å². The third-order valence-corrected chi connectivity index (χ3v) is 6.35. The quantitative estimate of drug-likeness (QED) is 0.565. The molecule has 7 heteroatoms. The highest BCUT2D eigenvalue weighted by atomic mass is 16.2. The first-order chi connectivity index (χ1) is 16.2. The Kier molecular flexibility index (Phi) is 6.72. The minimum absolute atomic E-state index is 0.0267. The lowest BCUT2D eigenvalue weighted by atomic mass is 9.90. The van der Waals surface area contributed by atoms with Gasteiger partial charge in [0.1, 0.15) is 5.54 Å². The zero-order chi connectivity index (χ0) is 24.3. The van der Waals surface area contributed by atoms with E-state index < -0.39 is 5.54 Å². The number of guanidine groups is 1. The molecule has 2 aliphatic rings. The van der Waals surface area contributed by atoms with E-state index in [1.165, 1.54) is 0 Å². The van der Waals surface area contributed by atoms with Gasteiger partial charge in [-0.05, 0) is 43.6 Å². The fraction of sp³-hybridized carbons (Fsp3) is 0.370. The average Bonchev–Trinajstić information content (AvgIpc) is 3.01. The number of anilines is 1. The lowest BCUT2D eigenvalue weighted by Crippen LogP contribution is -2.44. The molecule has 0 fully saturated rings. The summed E-state index contributed by atoms with van der Waals surface area (Å²) in [6, 6.07) is 13.6. The molecule has 178 valence electrons. The van der Waals surface area contributed by atoms with Crippen LogP contribution in [0.1, 0.15) is 40.0 Å². The largest absolute Gasteiger partial charge is 0.369 e. The fourth-order valence-corrected chi connectivity index (χ4v) is 4.74. The Morgan fingerprint density at radius 3 is 2.56 bits per heavy atom. The highest BCUT2D eigenvalue weighted by Gasteiger charge is 2.44. The van der Waals surface area contributed by atoms with Crippen molar-refractivity contribution in [1.29, 1.82) is 0 Å². The van der Waals surface area contributed by atoms with Crippen molar-refractivity contribution < 1.29 is 9.59 Å². The van der Waals surface area contributed by atoms with Crippen LogP contribution in [-0.2, 0) is 4.79 Å². The normalized spacial score (nSPS) is 20.3. The van der Waals surface area contributed by atoms with E-state index in [2.05, 4.69) is 29.5 Å². The maximum absolute atomic E-state index is 13.0. The van der Waals surface area contributed by atoms with Crippen LogP contribution in [0.25, 0.3) is 10.8 Å². The molecule has 0 spiro atoms. The number of aliphatic imine (C=N–C) groups is 1. The number of nitrogens with one attached hydrogen (secondary N) is 2. The molecule has 0 bridgehead atoms. The number of nitrogens with two attached hydrogens (primary N) is 1. The van der Waals surface area contributed by atoms with E-state index in [1.54, 1.807) is 4.90 Å². The highest BCUT2D eigenvalue weighted by molar-refractivity contribution is 6.06. The SMILES string of the molecule is CC(C)CC1(C)N=C(N)N(CC2=CC=C(CNC(=O)Nc3cccc4ccccc34)CC2)C1=O. The fourth-order valence-electron chi connectivity index (χ4n) is 4.74. The van der Waals surface area contributed by atoms with Crippen molar-refractivity contribution in [2.75, 3.05) is 18.4 Å². The van der Waals surface area contributed by atoms with E-state index in [0.29, 0.717) is 31.4 Å². The number of allylic oxidation sites excluding steroid dienone is 2. The minimum atomic E-state index is -0.768. The zero-order valence-corrected chi connectivity index (χ0v) is 20.1. The molecular formula is C27H33N5O2. The summed E-state index contributed by atoms with van der Waals surface area (Å²) in [5.41, 5.74) is 8.38. The molecule has 1 unspecified atom stereocenters. The second-order valence-electron chi connectivity index (χ2n) is 9.72. The third-order valence-electron chi connectivity index (χ3n) is 6.35. The number of urea groups is 1. The van der Waals surface area contributed by atoms with Crippen LogP contribution in [0.2, 0.25) is 0 Å². The van der Waals surface area contributed by atoms with Gasteiger partial charge in [-0.3, -0.25) is 9.69 Å². The summed E-state index contributed by atoms with van der Waals surface area (Å²) in [5, 5.41) is 7.98. The maximum Gasteiger partial charge on any atom is 0.319 e. The molecule has 1 heterocycles. The summed E-state index contributed by atoms with van der Waals surface area (Å²) in [5.74, 6) is 0.631. The number of carbonyl (C=O) groups is 2. The van der Waals surface area contributed by atoms with Crippen LogP contribution in [0.3, 0.4) is 0 Å². The summed E-state index contributed by atoms with van der Waals surface area (Å²) >= 11 is 0. The van der Waals surface area contributed by atoms with Crippen LogP contribution in [0.5, 0.6) is 0 Å². The second kappa shape index (κ2) is 9.71. The number of hydrogen-bond donors (Lipinski definition) is 3. The number of fused-ring (bicyclic) bond motifs is 1. The smallest absolute Gasteiger partial charge is 0.319 e. The Labute approximate surface area is 200 Å². The van der Waals surface area contributed by atoms with Crippen LogP contribution >= 0.6 is 0 Å². The molecule has 2 aromatic carbocycles. The predicted molar refractivity (Wildman–Crippen MR) is 138 cm³/mol. The first kappa shape index (κ1) is 23.5. The summed E-state index contributed by atoms with van der Waals surface area (Å²) in [6.07, 6.45) is 6.37. The van der Waals surface area contributed by atoms with Crippen molar-refractivity contribution in [2.45, 2.75) is 45.6 Å². The number of rotatable bonds is 7. The minimum Gasteiger partial charge on any atom is -0.369 e. The first-order valence-electron chi connectivity index (χ1n) is 11.8. The number of benzene rings is 2. The zero-order valence-electron chi connectivity index (χ0n) is 20.1. The molecule has 4 N–H and O–H groups in total. The molecule has 0 radical (unpaired) electrons. The Hall–Kier alpha value is -3.61. The van der Waals surface area contributed by atoms with Crippen LogP contribution in [0.15, 0.2) is 70.8 Å². The molecule has 1 aliphatic heterocycles. The monoisotopic (exact) mass is 459 g/mol. The van der Waals surface area contributed by atoms with Crippen LogP contribution in [0, 0.1) is 5.92 Å². The van der Waals surface area contributed by atoms with Crippen molar-refractivity contribution in [2.24, 2.45) is 16.6 Å². The van der Waals surface area contributed by atoms with Gasteiger partial charge >= 0.3 is 6.03 Å². The van der Waals surface area contributed by atoms with Gasteiger partial charge in [0.15, 0.2) is 5.96 Å². The molecule has 3 amide bonds. The van der Waals surface area contributed by atoms with Gasteiger partial charge in [0.05, 0.1) is 12.2 Å². The average molecular weight is 460 g/mol. The second-order valence-corrected chi connectivity index (χ2v) is 9.72. The van der Waals surface area contributed by atoms with E-state index in [-0.39, 0.29) is 11.9 Å². The van der Waals surface area contributed by atoms with Gasteiger partial charge < -0.3 is 16.4 Å². The van der Waals surface area contributed by atoms with E-state index >= 15 is 0 Å². The van der Waals surface area contributed by atoms with Gasteiger partial charge in [-0.2, -0.15) is 0 Å². The highest BCUT2D eigenvalue weighted by Crippen LogP contribution is 2.30. The van der Waals surface area contributed by atoms with Gasteiger partial charge in [-0.15, -0.1) is 0 Å². The molecule has 0 aromatic heterocycles. The summed E-state index contributed by atoms with van der Waals surface area (Å²) in [7, 11) is 0. The van der Waals surface area contributed by atoms with Crippen molar-refractivity contribution >= 4 is 34.4 Å². The van der Waals surface area contributed by atoms with Crippen molar-refractivity contribution in [1.82, 2.24) is 10.2 Å². The summed E-state index contributed by atoms with van der Waals surface area (Å²) in [4.78, 5) is 31.5. The molecular weight excluding hydrogens is 426 g/mol. The van der Waals surface area contributed by atoms with Gasteiger partial charge in [-0.25, -0.2) is 9.79 Å². The Morgan fingerprint density at radius 2 is 1.82 bits per heavy atom. The standard InChI is InChI=1S/C27H33N5O2/c1-18(2)15-27(3)24(33)32(25(28)31-27)17-20-13-11-19(12-14-20)16-29-26(34)30-23-10-6-8-21-7-4-5-9-22(21)23/h4-11,13,18H,12,14-17H2,1-3H3,(H2,28,31)(H2,29,30,34). The number of nitrogens with zero attached hydrogens (tertiary/aromatic N) is 2. The van der Waals surface area contributed by atoms with Gasteiger partial charge in [0.25, 0.3) is 5.91 Å². The maximum atomic E-state index is 13.0. The molecule has 0 saturated carbocycles. The lowest BCUT2D eigenvalue weighted by molar-refractivity contribution is -0.130.